The van der Waals surface area contributed by atoms with Gasteiger partial charge in [-0.05, 0) is 44.9 Å². The van der Waals surface area contributed by atoms with E-state index in [1.807, 2.05) is 13.0 Å². The molecule has 1 aliphatic rings. The van der Waals surface area contributed by atoms with Crippen LogP contribution in [0.25, 0.3) is 0 Å². The summed E-state index contributed by atoms with van der Waals surface area (Å²) >= 11 is 0. The Morgan fingerprint density at radius 2 is 1.75 bits per heavy atom. The number of likely N-dealkylation sites (tertiary alicyclic amines) is 1. The molecular weight excluding hydrogens is 296 g/mol. The fraction of sp³-hybridized carbons (Fsp3) is 0.429. The zero-order valence-electron chi connectivity index (χ0n) is 14.8. The molecule has 1 saturated heterocycles. The van der Waals surface area contributed by atoms with Gasteiger partial charge in [0.2, 0.25) is 0 Å². The second-order valence-electron chi connectivity index (χ2n) is 6.60. The zero-order chi connectivity index (χ0) is 16.8. The lowest BCUT2D eigenvalue weighted by atomic mass is 10.0. The van der Waals surface area contributed by atoms with Gasteiger partial charge in [-0.1, -0.05) is 35.9 Å². The zero-order valence-corrected chi connectivity index (χ0v) is 14.8. The summed E-state index contributed by atoms with van der Waals surface area (Å²) in [6, 6.07) is 17.7. The SMILES string of the molecule is CCOc1ccccc1CN1CCC(Nc2ccc(C)cc2)CC1. The normalized spacial score (nSPS) is 16.1. The third-order valence-electron chi connectivity index (χ3n) is 4.68. The van der Waals surface area contributed by atoms with Crippen LogP contribution >= 0.6 is 0 Å². The second-order valence-corrected chi connectivity index (χ2v) is 6.60. The molecule has 0 unspecified atom stereocenters. The van der Waals surface area contributed by atoms with Gasteiger partial charge in [0.15, 0.2) is 0 Å². The van der Waals surface area contributed by atoms with Crippen LogP contribution in [0.15, 0.2) is 48.5 Å². The van der Waals surface area contributed by atoms with Gasteiger partial charge in [-0.2, -0.15) is 0 Å². The van der Waals surface area contributed by atoms with Crippen molar-refractivity contribution < 1.29 is 4.74 Å². The molecule has 0 atom stereocenters. The van der Waals surface area contributed by atoms with Crippen LogP contribution in [0.2, 0.25) is 0 Å². The number of nitrogens with zero attached hydrogens (tertiary/aromatic N) is 1. The van der Waals surface area contributed by atoms with Gasteiger partial charge in [0.25, 0.3) is 0 Å². The lowest BCUT2D eigenvalue weighted by Crippen LogP contribution is -2.38. The molecular formula is C21H28N2O. The third kappa shape index (κ3) is 4.51. The molecule has 128 valence electrons. The Hall–Kier alpha value is -2.00. The molecule has 2 aromatic carbocycles. The minimum Gasteiger partial charge on any atom is -0.494 e. The standard InChI is InChI=1S/C21H28N2O/c1-3-24-21-7-5-4-6-18(21)16-23-14-12-20(13-15-23)22-19-10-8-17(2)9-11-19/h4-11,20,22H,3,12-16H2,1-2H3. The van der Waals surface area contributed by atoms with Gasteiger partial charge < -0.3 is 10.1 Å². The van der Waals surface area contributed by atoms with E-state index >= 15 is 0 Å². The van der Waals surface area contributed by atoms with Crippen molar-refractivity contribution in [2.75, 3.05) is 25.0 Å². The van der Waals surface area contributed by atoms with Crippen LogP contribution in [0.3, 0.4) is 0 Å². The summed E-state index contributed by atoms with van der Waals surface area (Å²) < 4.78 is 5.75. The molecule has 2 aromatic rings. The highest BCUT2D eigenvalue weighted by atomic mass is 16.5. The van der Waals surface area contributed by atoms with E-state index in [-0.39, 0.29) is 0 Å². The van der Waals surface area contributed by atoms with Crippen molar-refractivity contribution in [3.05, 3.63) is 59.7 Å². The molecule has 0 bridgehead atoms. The molecule has 3 heteroatoms. The van der Waals surface area contributed by atoms with Crippen LogP contribution in [0.4, 0.5) is 5.69 Å². The van der Waals surface area contributed by atoms with Gasteiger partial charge in [0, 0.05) is 36.9 Å². The van der Waals surface area contributed by atoms with Crippen LogP contribution in [0, 0.1) is 6.92 Å². The fourth-order valence-corrected chi connectivity index (χ4v) is 3.29. The van der Waals surface area contributed by atoms with Crippen molar-refractivity contribution >= 4 is 5.69 Å². The second kappa shape index (κ2) is 8.20. The molecule has 1 aliphatic heterocycles. The number of aryl methyl sites for hydroxylation is 1. The van der Waals surface area contributed by atoms with E-state index in [0.29, 0.717) is 6.04 Å². The first kappa shape index (κ1) is 16.8. The van der Waals surface area contributed by atoms with Crippen LogP contribution in [-0.2, 0) is 6.54 Å². The van der Waals surface area contributed by atoms with Crippen molar-refractivity contribution in [2.45, 2.75) is 39.3 Å². The van der Waals surface area contributed by atoms with E-state index in [4.69, 9.17) is 4.74 Å². The Bertz CT molecular complexity index is 631. The van der Waals surface area contributed by atoms with Crippen molar-refractivity contribution in [3.8, 4) is 5.75 Å². The smallest absolute Gasteiger partial charge is 0.123 e. The van der Waals surface area contributed by atoms with E-state index in [9.17, 15) is 0 Å². The summed E-state index contributed by atoms with van der Waals surface area (Å²) in [5, 5.41) is 3.67. The van der Waals surface area contributed by atoms with Crippen LogP contribution in [-0.4, -0.2) is 30.6 Å². The predicted molar refractivity (Wildman–Crippen MR) is 101 cm³/mol. The minimum absolute atomic E-state index is 0.575. The molecule has 0 aliphatic carbocycles. The highest BCUT2D eigenvalue weighted by Gasteiger charge is 2.20. The van der Waals surface area contributed by atoms with Gasteiger partial charge in [0.1, 0.15) is 5.75 Å². The molecule has 0 aromatic heterocycles. The van der Waals surface area contributed by atoms with Crippen molar-refractivity contribution in [2.24, 2.45) is 0 Å². The van der Waals surface area contributed by atoms with Crippen LogP contribution in [0.5, 0.6) is 5.75 Å². The Balaban J connectivity index is 1.51. The van der Waals surface area contributed by atoms with Gasteiger partial charge in [-0.25, -0.2) is 0 Å². The van der Waals surface area contributed by atoms with Gasteiger partial charge in [0.05, 0.1) is 6.61 Å². The average Bonchev–Trinajstić information content (AvgIpc) is 2.61. The Morgan fingerprint density at radius 3 is 2.46 bits per heavy atom. The number of rotatable bonds is 6. The Labute approximate surface area is 145 Å². The maximum atomic E-state index is 5.75. The number of para-hydroxylation sites is 1. The molecule has 3 nitrogen and oxygen atoms in total. The topological polar surface area (TPSA) is 24.5 Å². The van der Waals surface area contributed by atoms with E-state index in [1.165, 1.54) is 29.7 Å². The summed E-state index contributed by atoms with van der Waals surface area (Å²) in [6.45, 7) is 8.13. The molecule has 0 radical (unpaired) electrons. The van der Waals surface area contributed by atoms with E-state index in [2.05, 4.69) is 59.6 Å². The number of piperidine rings is 1. The molecule has 1 heterocycles. The first-order chi connectivity index (χ1) is 11.7. The monoisotopic (exact) mass is 324 g/mol. The Morgan fingerprint density at radius 1 is 1.04 bits per heavy atom. The summed E-state index contributed by atoms with van der Waals surface area (Å²) in [4.78, 5) is 2.53. The van der Waals surface area contributed by atoms with Crippen molar-refractivity contribution in [1.29, 1.82) is 0 Å². The maximum Gasteiger partial charge on any atom is 0.123 e. The number of nitrogens with one attached hydrogen (secondary N) is 1. The van der Waals surface area contributed by atoms with Gasteiger partial charge in [-0.3, -0.25) is 4.90 Å². The number of benzene rings is 2. The lowest BCUT2D eigenvalue weighted by molar-refractivity contribution is 0.207. The molecule has 0 spiro atoms. The lowest BCUT2D eigenvalue weighted by Gasteiger charge is -2.33. The minimum atomic E-state index is 0.575. The highest BCUT2D eigenvalue weighted by molar-refractivity contribution is 5.45. The van der Waals surface area contributed by atoms with E-state index in [0.717, 1.165) is 32.0 Å². The number of hydrogen-bond donors (Lipinski definition) is 1. The number of anilines is 1. The van der Waals surface area contributed by atoms with Gasteiger partial charge in [-0.15, -0.1) is 0 Å². The molecule has 3 rings (SSSR count). The van der Waals surface area contributed by atoms with Crippen LogP contribution in [0.1, 0.15) is 30.9 Å². The largest absolute Gasteiger partial charge is 0.494 e. The molecule has 0 amide bonds. The summed E-state index contributed by atoms with van der Waals surface area (Å²) in [6.07, 6.45) is 2.37. The third-order valence-corrected chi connectivity index (χ3v) is 4.68. The molecule has 1 N–H and O–H groups in total. The fourth-order valence-electron chi connectivity index (χ4n) is 3.29. The summed E-state index contributed by atoms with van der Waals surface area (Å²) in [5.74, 6) is 1.03. The number of ether oxygens (including phenoxy) is 1. The Kier molecular flexibility index (Phi) is 5.76. The van der Waals surface area contributed by atoms with Crippen LogP contribution < -0.4 is 10.1 Å². The quantitative estimate of drug-likeness (QED) is 0.848. The van der Waals surface area contributed by atoms with E-state index in [1.54, 1.807) is 0 Å². The summed E-state index contributed by atoms with van der Waals surface area (Å²) in [7, 11) is 0. The predicted octanol–water partition coefficient (Wildman–Crippen LogP) is 4.47. The highest BCUT2D eigenvalue weighted by Crippen LogP contribution is 2.23. The maximum absolute atomic E-state index is 5.75. The first-order valence-electron chi connectivity index (χ1n) is 9.01. The number of hydrogen-bond acceptors (Lipinski definition) is 3. The summed E-state index contributed by atoms with van der Waals surface area (Å²) in [5.41, 5.74) is 3.84. The first-order valence-corrected chi connectivity index (χ1v) is 9.01. The van der Waals surface area contributed by atoms with Crippen molar-refractivity contribution in [1.82, 2.24) is 4.90 Å². The molecule has 24 heavy (non-hydrogen) atoms. The average molecular weight is 324 g/mol. The molecule has 1 fully saturated rings. The van der Waals surface area contributed by atoms with E-state index < -0.39 is 0 Å². The van der Waals surface area contributed by atoms with Gasteiger partial charge >= 0.3 is 0 Å². The van der Waals surface area contributed by atoms with Crippen molar-refractivity contribution in [3.63, 3.8) is 0 Å². The molecule has 0 saturated carbocycles.